The first-order valence-corrected chi connectivity index (χ1v) is 6.98. The van der Waals surface area contributed by atoms with E-state index < -0.39 is 5.97 Å². The molecule has 4 nitrogen and oxygen atoms in total. The Labute approximate surface area is 120 Å². The molecule has 5 heteroatoms. The minimum Gasteiger partial charge on any atom is -0.365 e. The summed E-state index contributed by atoms with van der Waals surface area (Å²) in [6, 6.07) is 17.3. The Bertz CT molecular complexity index is 692. The summed E-state index contributed by atoms with van der Waals surface area (Å²) in [6.45, 7) is 0.470. The topological polar surface area (TPSA) is 51.2 Å². The van der Waals surface area contributed by atoms with Crippen molar-refractivity contribution in [3.63, 3.8) is 0 Å². The molecule has 0 spiro atoms. The van der Waals surface area contributed by atoms with Crippen molar-refractivity contribution in [1.82, 2.24) is 10.5 Å². The summed E-state index contributed by atoms with van der Waals surface area (Å²) in [5.41, 5.74) is 4.52. The third-order valence-electron chi connectivity index (χ3n) is 2.75. The van der Waals surface area contributed by atoms with E-state index in [9.17, 15) is 4.79 Å². The van der Waals surface area contributed by atoms with E-state index in [1.54, 1.807) is 0 Å². The maximum atomic E-state index is 11.9. The van der Waals surface area contributed by atoms with Crippen molar-refractivity contribution in [2.75, 3.05) is 0 Å². The number of carbonyl (C=O) groups is 1. The summed E-state index contributed by atoms with van der Waals surface area (Å²) in [7, 11) is 0. The molecule has 3 aromatic rings. The van der Waals surface area contributed by atoms with Crippen LogP contribution in [0.4, 0.5) is 0 Å². The lowest BCUT2D eigenvalue weighted by molar-refractivity contribution is 0.0237. The Morgan fingerprint density at radius 1 is 1.10 bits per heavy atom. The first-order chi connectivity index (χ1) is 9.83. The zero-order valence-electron chi connectivity index (χ0n) is 10.6. The van der Waals surface area contributed by atoms with Gasteiger partial charge in [-0.25, -0.2) is 9.78 Å². The Morgan fingerprint density at radius 3 is 2.65 bits per heavy atom. The van der Waals surface area contributed by atoms with E-state index >= 15 is 0 Å². The van der Waals surface area contributed by atoms with Gasteiger partial charge in [0, 0.05) is 0 Å². The van der Waals surface area contributed by atoms with Gasteiger partial charge in [0.1, 0.15) is 0 Å². The van der Waals surface area contributed by atoms with Crippen molar-refractivity contribution in [2.45, 2.75) is 6.54 Å². The third kappa shape index (κ3) is 2.84. The molecule has 0 atom stereocenters. The number of hydrogen-bond donors (Lipinski definition) is 1. The lowest BCUT2D eigenvalue weighted by atomic mass is 10.2. The summed E-state index contributed by atoms with van der Waals surface area (Å²) in [4.78, 5) is 21.1. The molecule has 1 aromatic heterocycles. The molecule has 0 saturated carbocycles. The number of thiazole rings is 1. The normalized spacial score (nSPS) is 10.6. The molecule has 0 aliphatic carbocycles. The van der Waals surface area contributed by atoms with Gasteiger partial charge in [0.25, 0.3) is 0 Å². The van der Waals surface area contributed by atoms with Gasteiger partial charge in [0.15, 0.2) is 0 Å². The maximum Gasteiger partial charge on any atom is 0.386 e. The molecule has 3 rings (SSSR count). The molecular formula is C15H12N2O2S. The van der Waals surface area contributed by atoms with Crippen molar-refractivity contribution < 1.29 is 9.63 Å². The van der Waals surface area contributed by atoms with Crippen molar-refractivity contribution in [2.24, 2.45) is 0 Å². The van der Waals surface area contributed by atoms with Gasteiger partial charge in [-0.05, 0) is 17.7 Å². The fourth-order valence-electron chi connectivity index (χ4n) is 1.78. The van der Waals surface area contributed by atoms with E-state index in [0.717, 1.165) is 15.8 Å². The maximum absolute atomic E-state index is 11.9. The number of fused-ring (bicyclic) bond motifs is 1. The lowest BCUT2D eigenvalue weighted by Gasteiger charge is -2.03. The second kappa shape index (κ2) is 5.81. The number of benzene rings is 2. The summed E-state index contributed by atoms with van der Waals surface area (Å²) >= 11 is 1.33. The Morgan fingerprint density at radius 2 is 1.85 bits per heavy atom. The molecule has 100 valence electrons. The SMILES string of the molecule is O=C(ONCc1ccccc1)c1nc2ccccc2s1. The number of nitrogens with zero attached hydrogens (tertiary/aromatic N) is 1. The zero-order chi connectivity index (χ0) is 13.8. The van der Waals surface area contributed by atoms with E-state index in [1.807, 2.05) is 54.6 Å². The van der Waals surface area contributed by atoms with Crippen molar-refractivity contribution in [3.8, 4) is 0 Å². The molecule has 0 bridgehead atoms. The number of nitrogens with one attached hydrogen (secondary N) is 1. The number of rotatable bonds is 4. The highest BCUT2D eigenvalue weighted by Gasteiger charge is 2.13. The van der Waals surface area contributed by atoms with Crippen LogP contribution in [0.2, 0.25) is 0 Å². The van der Waals surface area contributed by atoms with Gasteiger partial charge in [0.2, 0.25) is 5.01 Å². The summed E-state index contributed by atoms with van der Waals surface area (Å²) in [6.07, 6.45) is 0. The first kappa shape index (κ1) is 12.8. The molecule has 1 heterocycles. The first-order valence-electron chi connectivity index (χ1n) is 6.16. The highest BCUT2D eigenvalue weighted by atomic mass is 32.1. The minimum atomic E-state index is -0.456. The number of aromatic nitrogens is 1. The highest BCUT2D eigenvalue weighted by Crippen LogP contribution is 2.21. The van der Waals surface area contributed by atoms with Crippen LogP contribution in [0.1, 0.15) is 15.4 Å². The van der Waals surface area contributed by atoms with Crippen molar-refractivity contribution in [3.05, 3.63) is 65.2 Å². The van der Waals surface area contributed by atoms with E-state index in [2.05, 4.69) is 10.5 Å². The van der Waals surface area contributed by atoms with Crippen LogP contribution in [0.15, 0.2) is 54.6 Å². The van der Waals surface area contributed by atoms with E-state index in [-0.39, 0.29) is 0 Å². The molecule has 0 unspecified atom stereocenters. The van der Waals surface area contributed by atoms with Crippen LogP contribution in [0.25, 0.3) is 10.2 Å². The lowest BCUT2D eigenvalue weighted by Crippen LogP contribution is -2.19. The predicted molar refractivity (Wildman–Crippen MR) is 78.3 cm³/mol. The Kier molecular flexibility index (Phi) is 3.71. The monoisotopic (exact) mass is 284 g/mol. The fourth-order valence-corrected chi connectivity index (χ4v) is 2.63. The van der Waals surface area contributed by atoms with Gasteiger partial charge in [-0.15, -0.1) is 16.8 Å². The predicted octanol–water partition coefficient (Wildman–Crippen LogP) is 3.16. The van der Waals surface area contributed by atoms with E-state index in [0.29, 0.717) is 11.6 Å². The molecule has 0 amide bonds. The van der Waals surface area contributed by atoms with Gasteiger partial charge in [-0.1, -0.05) is 42.5 Å². The average molecular weight is 284 g/mol. The largest absolute Gasteiger partial charge is 0.386 e. The smallest absolute Gasteiger partial charge is 0.365 e. The van der Waals surface area contributed by atoms with Gasteiger partial charge in [0.05, 0.1) is 16.8 Å². The molecule has 0 fully saturated rings. The van der Waals surface area contributed by atoms with Crippen LogP contribution in [0.5, 0.6) is 0 Å². The number of carbonyl (C=O) groups excluding carboxylic acids is 1. The zero-order valence-corrected chi connectivity index (χ0v) is 11.4. The quantitative estimate of drug-likeness (QED) is 0.748. The standard InChI is InChI=1S/C15H12N2O2S/c18-15(19-16-10-11-6-2-1-3-7-11)14-17-12-8-4-5-9-13(12)20-14/h1-9,16H,10H2. The van der Waals surface area contributed by atoms with Gasteiger partial charge < -0.3 is 4.84 Å². The second-order valence-corrected chi connectivity index (χ2v) is 5.21. The molecule has 0 radical (unpaired) electrons. The van der Waals surface area contributed by atoms with Gasteiger partial charge in [-0.3, -0.25) is 0 Å². The number of hydroxylamine groups is 1. The van der Waals surface area contributed by atoms with Gasteiger partial charge >= 0.3 is 5.97 Å². The number of hydrogen-bond acceptors (Lipinski definition) is 5. The molecule has 2 aromatic carbocycles. The molecular weight excluding hydrogens is 272 g/mol. The third-order valence-corrected chi connectivity index (χ3v) is 3.77. The Balaban J connectivity index is 1.61. The highest BCUT2D eigenvalue weighted by molar-refractivity contribution is 7.20. The van der Waals surface area contributed by atoms with Crippen LogP contribution in [0, 0.1) is 0 Å². The molecule has 0 aliphatic heterocycles. The van der Waals surface area contributed by atoms with E-state index in [4.69, 9.17) is 4.84 Å². The second-order valence-electron chi connectivity index (χ2n) is 4.18. The number of para-hydroxylation sites is 1. The molecule has 20 heavy (non-hydrogen) atoms. The van der Waals surface area contributed by atoms with Crippen molar-refractivity contribution >= 4 is 27.5 Å². The van der Waals surface area contributed by atoms with Crippen LogP contribution in [0.3, 0.4) is 0 Å². The summed E-state index contributed by atoms with van der Waals surface area (Å²) < 4.78 is 0.975. The van der Waals surface area contributed by atoms with Crippen LogP contribution < -0.4 is 5.48 Å². The average Bonchev–Trinajstić information content (AvgIpc) is 2.92. The van der Waals surface area contributed by atoms with Gasteiger partial charge in [-0.2, -0.15) is 0 Å². The molecule has 0 aliphatic rings. The van der Waals surface area contributed by atoms with Crippen molar-refractivity contribution in [1.29, 1.82) is 0 Å². The molecule has 0 saturated heterocycles. The Hall–Kier alpha value is -2.24. The summed E-state index contributed by atoms with van der Waals surface area (Å²) in [5.74, 6) is -0.456. The van der Waals surface area contributed by atoms with Crippen LogP contribution >= 0.6 is 11.3 Å². The minimum absolute atomic E-state index is 0.353. The van der Waals surface area contributed by atoms with Crippen LogP contribution in [-0.2, 0) is 11.4 Å². The molecule has 1 N–H and O–H groups in total. The summed E-state index contributed by atoms with van der Waals surface area (Å²) in [5, 5.41) is 0.353. The van der Waals surface area contributed by atoms with E-state index in [1.165, 1.54) is 11.3 Å². The van der Waals surface area contributed by atoms with Crippen LogP contribution in [-0.4, -0.2) is 11.0 Å². The fraction of sp³-hybridized carbons (Fsp3) is 0.0667.